The number of alkyl halides is 3. The van der Waals surface area contributed by atoms with Crippen LogP contribution in [0.1, 0.15) is 23.7 Å². The van der Waals surface area contributed by atoms with E-state index in [9.17, 15) is 22.7 Å². The minimum absolute atomic E-state index is 0.0150. The summed E-state index contributed by atoms with van der Waals surface area (Å²) in [5.74, 6) is -1.60. The number of aromatic nitrogens is 3. The van der Waals surface area contributed by atoms with Gasteiger partial charge in [0.15, 0.2) is 29.0 Å². The summed E-state index contributed by atoms with van der Waals surface area (Å²) in [5.41, 5.74) is 18.4. The summed E-state index contributed by atoms with van der Waals surface area (Å²) in [4.78, 5) is 12.8. The molecule has 0 saturated carbocycles. The highest BCUT2D eigenvalue weighted by Gasteiger charge is 2.30. The molecule has 208 valence electrons. The quantitative estimate of drug-likeness (QED) is 0.155. The monoisotopic (exact) mass is 555 g/mol. The summed E-state index contributed by atoms with van der Waals surface area (Å²) in [7, 11) is 0. The number of benzene rings is 2. The lowest BCUT2D eigenvalue weighted by molar-refractivity contribution is -0.137. The number of hydrogen-bond acceptors (Lipinski definition) is 9. The van der Waals surface area contributed by atoms with Gasteiger partial charge in [0, 0.05) is 17.2 Å². The van der Waals surface area contributed by atoms with E-state index in [1.165, 1.54) is 43.5 Å². The summed E-state index contributed by atoms with van der Waals surface area (Å²) in [6.07, 6.45) is -3.07. The zero-order valence-corrected chi connectivity index (χ0v) is 21.1. The number of aromatic hydroxyl groups is 1. The Morgan fingerprint density at radius 2 is 1.77 bits per heavy atom. The van der Waals surface area contributed by atoms with Gasteiger partial charge < -0.3 is 32.5 Å². The second kappa shape index (κ2) is 11.1. The Labute approximate surface area is 226 Å². The average Bonchev–Trinajstić information content (AvgIpc) is 2.89. The van der Waals surface area contributed by atoms with Crippen molar-refractivity contribution in [1.29, 1.82) is 5.41 Å². The van der Waals surface area contributed by atoms with Crippen molar-refractivity contribution >= 4 is 17.3 Å². The van der Waals surface area contributed by atoms with E-state index in [2.05, 4.69) is 15.0 Å². The van der Waals surface area contributed by atoms with E-state index in [-0.39, 0.29) is 64.3 Å². The Kier molecular flexibility index (Phi) is 7.86. The largest absolute Gasteiger partial charge is 0.504 e. The highest BCUT2D eigenvalue weighted by Crippen LogP contribution is 2.40. The fourth-order valence-corrected chi connectivity index (χ4v) is 3.97. The first-order valence-corrected chi connectivity index (χ1v) is 11.9. The third-order valence-corrected chi connectivity index (χ3v) is 5.89. The van der Waals surface area contributed by atoms with Crippen LogP contribution in [-0.2, 0) is 12.6 Å². The van der Waals surface area contributed by atoms with Crippen LogP contribution in [0.4, 0.5) is 29.2 Å². The lowest BCUT2D eigenvalue weighted by Gasteiger charge is -2.18. The van der Waals surface area contributed by atoms with E-state index in [0.29, 0.717) is 5.56 Å². The summed E-state index contributed by atoms with van der Waals surface area (Å²) < 4.78 is 59.1. The smallest absolute Gasteiger partial charge is 0.416 e. The third kappa shape index (κ3) is 6.10. The fourth-order valence-electron chi connectivity index (χ4n) is 3.97. The van der Waals surface area contributed by atoms with Gasteiger partial charge in [-0.1, -0.05) is 24.3 Å². The van der Waals surface area contributed by atoms with Crippen LogP contribution in [-0.4, -0.2) is 38.4 Å². The lowest BCUT2D eigenvalue weighted by atomic mass is 10.0. The van der Waals surface area contributed by atoms with Crippen LogP contribution in [0, 0.1) is 11.2 Å². The number of phenolic OH excluding ortho intramolecular Hbond substituents is 1. The molecule has 0 bridgehead atoms. The fraction of sp³-hybridized carbons (Fsp3) is 0.185. The summed E-state index contributed by atoms with van der Waals surface area (Å²) >= 11 is 0. The van der Waals surface area contributed by atoms with Crippen molar-refractivity contribution in [3.63, 3.8) is 0 Å². The van der Waals surface area contributed by atoms with Crippen LogP contribution in [0.15, 0.2) is 54.7 Å². The average molecular weight is 556 g/mol. The number of para-hydroxylation sites is 1. The van der Waals surface area contributed by atoms with Crippen molar-refractivity contribution in [2.75, 3.05) is 18.1 Å². The number of pyridine rings is 1. The number of rotatable bonds is 8. The molecular weight excluding hydrogens is 530 g/mol. The normalized spacial score (nSPS) is 12.2. The third-order valence-electron chi connectivity index (χ3n) is 5.89. The number of halogens is 4. The number of ether oxygens (including phenoxy) is 1. The predicted molar refractivity (Wildman–Crippen MR) is 142 cm³/mol. The van der Waals surface area contributed by atoms with Gasteiger partial charge >= 0.3 is 6.18 Å². The molecule has 2 aromatic heterocycles. The number of nitrogens with two attached hydrogens (primary N) is 3. The van der Waals surface area contributed by atoms with Gasteiger partial charge in [-0.25, -0.2) is 19.3 Å². The van der Waals surface area contributed by atoms with Crippen molar-refractivity contribution in [3.05, 3.63) is 77.4 Å². The maximum absolute atomic E-state index is 14.2. The molecule has 0 spiro atoms. The molecule has 0 radical (unpaired) electrons. The van der Waals surface area contributed by atoms with Crippen LogP contribution in [0.2, 0.25) is 0 Å². The Morgan fingerprint density at radius 3 is 2.48 bits per heavy atom. The number of nitrogens with zero attached hydrogens (tertiary/aromatic N) is 3. The molecule has 1 atom stereocenters. The molecule has 0 aliphatic heterocycles. The molecule has 9 nitrogen and oxygen atoms in total. The van der Waals surface area contributed by atoms with E-state index in [0.717, 1.165) is 18.2 Å². The standard InChI is InChI=1S/C27H25F4N7O2/c1-13(32)22-26(35)36-11-20(37-22)18-10-21(25(34)38-23(18)17-6-3-7-19(28)24(17)39)40-12-16(33)9-14-4-2-5-15(8-14)27(29,30)31/h2-8,10-11,16,32,39H,9,12,33H2,1H3,(H2,34,38)(H2,35,36). The highest BCUT2D eigenvalue weighted by atomic mass is 19.4. The maximum atomic E-state index is 14.2. The number of anilines is 2. The van der Waals surface area contributed by atoms with E-state index in [1.54, 1.807) is 0 Å². The van der Waals surface area contributed by atoms with Gasteiger partial charge in [-0.2, -0.15) is 13.2 Å². The SMILES string of the molecule is CC(=N)c1nc(-c2cc(OCC(N)Cc3cccc(C(F)(F)F)c3)c(N)nc2-c2cccc(F)c2O)cnc1N. The molecule has 8 N–H and O–H groups in total. The van der Waals surface area contributed by atoms with E-state index in [1.807, 2.05) is 0 Å². The van der Waals surface area contributed by atoms with E-state index >= 15 is 0 Å². The number of nitrogens with one attached hydrogen (secondary N) is 1. The molecule has 4 aromatic rings. The zero-order valence-electron chi connectivity index (χ0n) is 21.1. The molecule has 0 amide bonds. The number of phenols is 1. The first-order chi connectivity index (χ1) is 18.8. The van der Waals surface area contributed by atoms with Gasteiger partial charge in [0.25, 0.3) is 0 Å². The first kappa shape index (κ1) is 28.2. The minimum Gasteiger partial charge on any atom is -0.504 e. The molecular formula is C27H25F4N7O2. The summed E-state index contributed by atoms with van der Waals surface area (Å²) in [6.45, 7) is 1.34. The predicted octanol–water partition coefficient (Wildman–Crippen LogP) is 4.57. The van der Waals surface area contributed by atoms with Crippen LogP contribution < -0.4 is 21.9 Å². The van der Waals surface area contributed by atoms with Gasteiger partial charge in [0.1, 0.15) is 12.3 Å². The van der Waals surface area contributed by atoms with E-state index < -0.39 is 29.3 Å². The molecule has 2 aromatic carbocycles. The minimum atomic E-state index is -4.48. The lowest BCUT2D eigenvalue weighted by Crippen LogP contribution is -2.30. The molecule has 4 rings (SSSR count). The number of nitrogen functional groups attached to an aromatic ring is 2. The Bertz CT molecular complexity index is 1580. The summed E-state index contributed by atoms with van der Waals surface area (Å²) in [6, 6.07) is 9.46. The molecule has 0 aliphatic carbocycles. The molecule has 13 heteroatoms. The zero-order chi connectivity index (χ0) is 29.2. The van der Waals surface area contributed by atoms with Gasteiger partial charge in [0.2, 0.25) is 0 Å². The second-order valence-corrected chi connectivity index (χ2v) is 8.99. The van der Waals surface area contributed by atoms with Gasteiger partial charge in [-0.3, -0.25) is 0 Å². The first-order valence-electron chi connectivity index (χ1n) is 11.9. The molecule has 0 saturated heterocycles. The van der Waals surface area contributed by atoms with Crippen molar-refractivity contribution in [2.45, 2.75) is 25.6 Å². The molecule has 0 aliphatic rings. The van der Waals surface area contributed by atoms with Crippen molar-refractivity contribution < 1.29 is 27.4 Å². The van der Waals surface area contributed by atoms with Crippen molar-refractivity contribution in [2.24, 2.45) is 5.73 Å². The topological polar surface area (TPSA) is 170 Å². The molecule has 2 heterocycles. The molecule has 0 fully saturated rings. The Hall–Kier alpha value is -4.78. The van der Waals surface area contributed by atoms with Gasteiger partial charge in [0.05, 0.1) is 28.9 Å². The van der Waals surface area contributed by atoms with Crippen LogP contribution in [0.3, 0.4) is 0 Å². The van der Waals surface area contributed by atoms with Gasteiger partial charge in [-0.15, -0.1) is 0 Å². The van der Waals surface area contributed by atoms with Crippen LogP contribution >= 0.6 is 0 Å². The maximum Gasteiger partial charge on any atom is 0.416 e. The Balaban J connectivity index is 1.69. The van der Waals surface area contributed by atoms with Crippen LogP contribution in [0.25, 0.3) is 22.5 Å². The van der Waals surface area contributed by atoms with Crippen molar-refractivity contribution in [1.82, 2.24) is 15.0 Å². The summed E-state index contributed by atoms with van der Waals surface area (Å²) in [5, 5.41) is 18.3. The highest BCUT2D eigenvalue weighted by molar-refractivity contribution is 5.99. The van der Waals surface area contributed by atoms with E-state index in [4.69, 9.17) is 27.3 Å². The van der Waals surface area contributed by atoms with Crippen LogP contribution in [0.5, 0.6) is 11.5 Å². The molecule has 1 unspecified atom stereocenters. The van der Waals surface area contributed by atoms with Gasteiger partial charge in [-0.05, 0) is 43.2 Å². The second-order valence-electron chi connectivity index (χ2n) is 8.99. The molecule has 40 heavy (non-hydrogen) atoms. The Morgan fingerprint density at radius 1 is 1.05 bits per heavy atom. The van der Waals surface area contributed by atoms with Crippen molar-refractivity contribution in [3.8, 4) is 34.0 Å². The number of hydrogen-bond donors (Lipinski definition) is 5.